The first-order valence-electron chi connectivity index (χ1n) is 7.13. The van der Waals surface area contributed by atoms with Crippen LogP contribution in [0.1, 0.15) is 45.3 Å². The lowest BCUT2D eigenvalue weighted by Gasteiger charge is -2.28. The number of ether oxygens (including phenoxy) is 1. The Morgan fingerprint density at radius 3 is 2.95 bits per heavy atom. The summed E-state index contributed by atoms with van der Waals surface area (Å²) in [7, 11) is 0. The number of nitrogens with two attached hydrogens (primary N) is 1. The topological polar surface area (TPSA) is 73.4 Å². The quantitative estimate of drug-likeness (QED) is 0.918. The molecule has 6 heteroatoms. The minimum absolute atomic E-state index is 0.0450. The van der Waals surface area contributed by atoms with Gasteiger partial charge in [-0.05, 0) is 52.1 Å². The van der Waals surface area contributed by atoms with E-state index in [4.69, 9.17) is 10.5 Å². The van der Waals surface area contributed by atoms with Crippen molar-refractivity contribution >= 4 is 6.09 Å². The van der Waals surface area contributed by atoms with E-state index in [1.54, 1.807) is 4.90 Å². The Labute approximate surface area is 119 Å². The van der Waals surface area contributed by atoms with Gasteiger partial charge in [0.1, 0.15) is 11.8 Å². The highest BCUT2D eigenvalue weighted by atomic mass is 16.6. The zero-order chi connectivity index (χ0) is 14.8. The predicted octanol–water partition coefficient (Wildman–Crippen LogP) is 1.91. The highest BCUT2D eigenvalue weighted by Crippen LogP contribution is 2.28. The van der Waals surface area contributed by atoms with Crippen LogP contribution in [-0.2, 0) is 11.2 Å². The van der Waals surface area contributed by atoms with Gasteiger partial charge in [0, 0.05) is 12.7 Å². The van der Waals surface area contributed by atoms with Crippen LogP contribution in [0.15, 0.2) is 12.4 Å². The molecule has 112 valence electrons. The highest BCUT2D eigenvalue weighted by molar-refractivity contribution is 5.68. The number of hydrogen-bond donors (Lipinski definition) is 1. The third-order valence-corrected chi connectivity index (χ3v) is 3.24. The Balaban J connectivity index is 2.08. The SMILES string of the molecule is CC(C)(C)OC(=O)N1CCCC1n1cc(CCN)cn1. The van der Waals surface area contributed by atoms with Crippen molar-refractivity contribution in [1.29, 1.82) is 0 Å². The fourth-order valence-electron chi connectivity index (χ4n) is 2.39. The normalized spacial score (nSPS) is 19.4. The summed E-state index contributed by atoms with van der Waals surface area (Å²) in [5.74, 6) is 0. The second kappa shape index (κ2) is 5.83. The Hall–Kier alpha value is -1.56. The predicted molar refractivity (Wildman–Crippen MR) is 76.2 cm³/mol. The fraction of sp³-hybridized carbons (Fsp3) is 0.714. The van der Waals surface area contributed by atoms with Crippen LogP contribution in [-0.4, -0.2) is 39.5 Å². The molecule has 0 spiro atoms. The van der Waals surface area contributed by atoms with Crippen LogP contribution < -0.4 is 5.73 Å². The van der Waals surface area contributed by atoms with Crippen molar-refractivity contribution in [2.24, 2.45) is 5.73 Å². The van der Waals surface area contributed by atoms with Crippen LogP contribution in [0, 0.1) is 0 Å². The van der Waals surface area contributed by atoms with Crippen LogP contribution in [0.2, 0.25) is 0 Å². The summed E-state index contributed by atoms with van der Waals surface area (Å²) < 4.78 is 7.30. The lowest BCUT2D eigenvalue weighted by Crippen LogP contribution is -2.38. The van der Waals surface area contributed by atoms with E-state index in [2.05, 4.69) is 5.10 Å². The molecule has 1 unspecified atom stereocenters. The molecule has 6 nitrogen and oxygen atoms in total. The van der Waals surface area contributed by atoms with E-state index in [1.807, 2.05) is 37.8 Å². The number of amides is 1. The summed E-state index contributed by atoms with van der Waals surface area (Å²) in [5.41, 5.74) is 6.17. The minimum atomic E-state index is -0.473. The van der Waals surface area contributed by atoms with Crippen molar-refractivity contribution in [2.75, 3.05) is 13.1 Å². The van der Waals surface area contributed by atoms with Gasteiger partial charge in [-0.1, -0.05) is 0 Å². The number of carbonyl (C=O) groups is 1. The van der Waals surface area contributed by atoms with E-state index in [0.717, 1.165) is 24.8 Å². The maximum Gasteiger partial charge on any atom is 0.411 e. The highest BCUT2D eigenvalue weighted by Gasteiger charge is 2.33. The van der Waals surface area contributed by atoms with Crippen molar-refractivity contribution in [3.63, 3.8) is 0 Å². The van der Waals surface area contributed by atoms with E-state index >= 15 is 0 Å². The molecule has 2 heterocycles. The molecule has 20 heavy (non-hydrogen) atoms. The first-order valence-corrected chi connectivity index (χ1v) is 7.13. The lowest BCUT2D eigenvalue weighted by atomic mass is 10.2. The molecule has 0 aromatic carbocycles. The Bertz CT molecular complexity index is 464. The third kappa shape index (κ3) is 3.50. The van der Waals surface area contributed by atoms with E-state index in [0.29, 0.717) is 13.1 Å². The van der Waals surface area contributed by atoms with Crippen LogP contribution >= 0.6 is 0 Å². The number of carbonyl (C=O) groups excluding carboxylic acids is 1. The van der Waals surface area contributed by atoms with Gasteiger partial charge in [-0.25, -0.2) is 9.48 Å². The number of hydrogen-bond acceptors (Lipinski definition) is 4. The average molecular weight is 280 g/mol. The molecule has 0 saturated carbocycles. The molecule has 0 aliphatic carbocycles. The first kappa shape index (κ1) is 14.8. The van der Waals surface area contributed by atoms with Gasteiger partial charge in [0.2, 0.25) is 0 Å². The maximum absolute atomic E-state index is 12.2. The van der Waals surface area contributed by atoms with Crippen molar-refractivity contribution in [3.05, 3.63) is 18.0 Å². The Morgan fingerprint density at radius 2 is 2.30 bits per heavy atom. The van der Waals surface area contributed by atoms with Crippen molar-refractivity contribution in [3.8, 4) is 0 Å². The monoisotopic (exact) mass is 280 g/mol. The largest absolute Gasteiger partial charge is 0.444 e. The summed E-state index contributed by atoms with van der Waals surface area (Å²) in [6.07, 6.45) is 6.16. The zero-order valence-electron chi connectivity index (χ0n) is 12.5. The summed E-state index contributed by atoms with van der Waals surface area (Å²) in [6, 6.07) is 0. The number of nitrogens with zero attached hydrogens (tertiary/aromatic N) is 3. The zero-order valence-corrected chi connectivity index (χ0v) is 12.5. The standard InChI is InChI=1S/C14H24N4O2/c1-14(2,3)20-13(19)17-8-4-5-12(17)18-10-11(6-7-15)9-16-18/h9-10,12H,4-8,15H2,1-3H3. The van der Waals surface area contributed by atoms with E-state index in [1.165, 1.54) is 0 Å². The number of rotatable bonds is 3. The Morgan fingerprint density at radius 1 is 1.55 bits per heavy atom. The molecule has 0 radical (unpaired) electrons. The molecule has 0 bridgehead atoms. The fourth-order valence-corrected chi connectivity index (χ4v) is 2.39. The van der Waals surface area contributed by atoms with Crippen molar-refractivity contribution < 1.29 is 9.53 Å². The van der Waals surface area contributed by atoms with Gasteiger partial charge in [0.25, 0.3) is 0 Å². The van der Waals surface area contributed by atoms with Gasteiger partial charge < -0.3 is 10.5 Å². The summed E-state index contributed by atoms with van der Waals surface area (Å²) >= 11 is 0. The van der Waals surface area contributed by atoms with Crippen molar-refractivity contribution in [2.45, 2.75) is 51.8 Å². The van der Waals surface area contributed by atoms with Crippen LogP contribution in [0.25, 0.3) is 0 Å². The minimum Gasteiger partial charge on any atom is -0.444 e. The molecule has 1 aromatic heterocycles. The van der Waals surface area contributed by atoms with Gasteiger partial charge in [-0.3, -0.25) is 4.90 Å². The first-order chi connectivity index (χ1) is 9.40. The summed E-state index contributed by atoms with van der Waals surface area (Å²) in [6.45, 7) is 6.95. The Kier molecular flexibility index (Phi) is 4.32. The molecule has 2 rings (SSSR count). The molecule has 2 N–H and O–H groups in total. The molecule has 1 aliphatic heterocycles. The van der Waals surface area contributed by atoms with Gasteiger partial charge in [-0.15, -0.1) is 0 Å². The van der Waals surface area contributed by atoms with Crippen LogP contribution in [0.5, 0.6) is 0 Å². The number of aromatic nitrogens is 2. The average Bonchev–Trinajstić information content (AvgIpc) is 2.93. The molecule has 1 atom stereocenters. The maximum atomic E-state index is 12.2. The molecule has 1 saturated heterocycles. The smallest absolute Gasteiger partial charge is 0.411 e. The van der Waals surface area contributed by atoms with Crippen LogP contribution in [0.4, 0.5) is 4.79 Å². The van der Waals surface area contributed by atoms with Crippen molar-refractivity contribution in [1.82, 2.24) is 14.7 Å². The second-order valence-corrected chi connectivity index (χ2v) is 6.16. The molecule has 1 aromatic rings. The molecular formula is C14H24N4O2. The van der Waals surface area contributed by atoms with E-state index in [-0.39, 0.29) is 12.3 Å². The van der Waals surface area contributed by atoms with Gasteiger partial charge in [0.05, 0.1) is 6.20 Å². The molecule has 1 amide bonds. The van der Waals surface area contributed by atoms with E-state index < -0.39 is 5.60 Å². The third-order valence-electron chi connectivity index (χ3n) is 3.24. The van der Waals surface area contributed by atoms with E-state index in [9.17, 15) is 4.79 Å². The molecule has 1 aliphatic rings. The summed E-state index contributed by atoms with van der Waals surface area (Å²) in [5, 5.41) is 4.36. The van der Waals surface area contributed by atoms with Gasteiger partial charge in [-0.2, -0.15) is 5.10 Å². The molecular weight excluding hydrogens is 256 g/mol. The molecule has 1 fully saturated rings. The second-order valence-electron chi connectivity index (χ2n) is 6.16. The number of likely N-dealkylation sites (tertiary alicyclic amines) is 1. The lowest BCUT2D eigenvalue weighted by molar-refractivity contribution is 0.0149. The van der Waals surface area contributed by atoms with Gasteiger partial charge >= 0.3 is 6.09 Å². The van der Waals surface area contributed by atoms with Gasteiger partial charge in [0.15, 0.2) is 0 Å². The summed E-state index contributed by atoms with van der Waals surface area (Å²) in [4.78, 5) is 14.0. The van der Waals surface area contributed by atoms with Crippen LogP contribution in [0.3, 0.4) is 0 Å².